The Balaban J connectivity index is 1.63. The van der Waals surface area contributed by atoms with Crippen LogP contribution in [0.1, 0.15) is 39.0 Å². The molecule has 1 N–H and O–H groups in total. The van der Waals surface area contributed by atoms with Crippen molar-refractivity contribution in [2.45, 2.75) is 32.4 Å². The molecule has 5 nitrogen and oxygen atoms in total. The molecule has 0 saturated carbocycles. The Bertz CT molecular complexity index is 1010. The summed E-state index contributed by atoms with van der Waals surface area (Å²) in [6.07, 6.45) is 0.807. The molecule has 1 aromatic carbocycles. The Morgan fingerprint density at radius 3 is 2.86 bits per heavy atom. The third-order valence-electron chi connectivity index (χ3n) is 4.79. The molecule has 2 heterocycles. The van der Waals surface area contributed by atoms with Gasteiger partial charge in [0.25, 0.3) is 5.91 Å². The number of anilines is 1. The molecule has 0 bridgehead atoms. The molecule has 0 unspecified atom stereocenters. The van der Waals surface area contributed by atoms with E-state index in [4.69, 9.17) is 0 Å². The Morgan fingerprint density at radius 1 is 1.32 bits per heavy atom. The number of alkyl halides is 3. The Morgan fingerprint density at radius 2 is 2.14 bits per heavy atom. The number of fused-ring (bicyclic) bond motifs is 1. The fourth-order valence-electron chi connectivity index (χ4n) is 3.36. The van der Waals surface area contributed by atoms with E-state index in [9.17, 15) is 18.0 Å². The van der Waals surface area contributed by atoms with Crippen LogP contribution in [-0.2, 0) is 19.0 Å². The summed E-state index contributed by atoms with van der Waals surface area (Å²) >= 11 is 1.36. The lowest BCUT2D eigenvalue weighted by atomic mass is 9.90. The first-order valence-corrected chi connectivity index (χ1v) is 9.62. The molecule has 1 amide bonds. The first-order valence-electron chi connectivity index (χ1n) is 8.80. The van der Waals surface area contributed by atoms with Gasteiger partial charge in [-0.1, -0.05) is 6.92 Å². The van der Waals surface area contributed by atoms with E-state index in [0.29, 0.717) is 10.8 Å². The van der Waals surface area contributed by atoms with Crippen molar-refractivity contribution in [3.05, 3.63) is 57.8 Å². The minimum atomic E-state index is -4.62. The minimum absolute atomic E-state index is 0.211. The minimum Gasteiger partial charge on any atom is -0.321 e. The number of hydrogen-bond donors (Lipinski definition) is 1. The lowest BCUT2D eigenvalue weighted by Crippen LogP contribution is -2.16. The standard InChI is InChI=1S/C19H17F3N4OS/c1-11-2-5-16-12(6-11)7-17(28-16)18(27)25-15-4-3-13(26-10-23-9-24-26)8-14(15)19(20,21)22/h3-4,7-11H,2,5-6H2,1H3,(H,25,27)/t11-/m1/s1. The first-order chi connectivity index (χ1) is 13.3. The highest BCUT2D eigenvalue weighted by atomic mass is 32.1. The number of amides is 1. The predicted octanol–water partition coefficient (Wildman–Crippen LogP) is 4.72. The van der Waals surface area contributed by atoms with Gasteiger partial charge < -0.3 is 5.32 Å². The zero-order valence-electron chi connectivity index (χ0n) is 15.0. The maximum atomic E-state index is 13.6. The Labute approximate surface area is 163 Å². The summed E-state index contributed by atoms with van der Waals surface area (Å²) in [7, 11) is 0. The van der Waals surface area contributed by atoms with E-state index in [-0.39, 0.29) is 11.4 Å². The van der Waals surface area contributed by atoms with Crippen molar-refractivity contribution in [3.8, 4) is 5.69 Å². The molecule has 4 rings (SSSR count). The summed E-state index contributed by atoms with van der Waals surface area (Å²) < 4.78 is 41.9. The fraction of sp³-hybridized carbons (Fsp3) is 0.316. The van der Waals surface area contributed by atoms with E-state index in [0.717, 1.165) is 35.8 Å². The average Bonchev–Trinajstić information content (AvgIpc) is 3.30. The topological polar surface area (TPSA) is 59.8 Å². The number of benzene rings is 1. The smallest absolute Gasteiger partial charge is 0.321 e. The summed E-state index contributed by atoms with van der Waals surface area (Å²) in [6.45, 7) is 2.16. The lowest BCUT2D eigenvalue weighted by Gasteiger charge is -2.16. The molecule has 0 spiro atoms. The van der Waals surface area contributed by atoms with Crippen LogP contribution in [0.5, 0.6) is 0 Å². The van der Waals surface area contributed by atoms with Gasteiger partial charge in [-0.05, 0) is 55.0 Å². The Kier molecular flexibility index (Phi) is 4.70. The van der Waals surface area contributed by atoms with Crippen molar-refractivity contribution in [1.29, 1.82) is 0 Å². The highest BCUT2D eigenvalue weighted by Crippen LogP contribution is 2.37. The maximum absolute atomic E-state index is 13.6. The van der Waals surface area contributed by atoms with Gasteiger partial charge >= 0.3 is 6.18 Å². The van der Waals surface area contributed by atoms with Crippen LogP contribution >= 0.6 is 11.3 Å². The monoisotopic (exact) mass is 406 g/mol. The first kappa shape index (κ1) is 18.7. The molecule has 1 aliphatic rings. The van der Waals surface area contributed by atoms with E-state index >= 15 is 0 Å². The number of thiophene rings is 1. The zero-order chi connectivity index (χ0) is 19.9. The fourth-order valence-corrected chi connectivity index (χ4v) is 4.47. The molecule has 9 heteroatoms. The predicted molar refractivity (Wildman–Crippen MR) is 99.8 cm³/mol. The molecule has 0 fully saturated rings. The van der Waals surface area contributed by atoms with Crippen LogP contribution < -0.4 is 5.32 Å². The van der Waals surface area contributed by atoms with E-state index in [1.165, 1.54) is 40.8 Å². The van der Waals surface area contributed by atoms with Gasteiger partial charge in [-0.2, -0.15) is 18.3 Å². The SMILES string of the molecule is C[C@@H]1CCc2sc(C(=O)Nc3ccc(-n4cncn4)cc3C(F)(F)F)cc2C1. The van der Waals surface area contributed by atoms with Crippen molar-refractivity contribution >= 4 is 22.9 Å². The third kappa shape index (κ3) is 3.66. The summed E-state index contributed by atoms with van der Waals surface area (Å²) in [6, 6.07) is 5.46. The largest absolute Gasteiger partial charge is 0.418 e. The molecule has 146 valence electrons. The Hall–Kier alpha value is -2.68. The second kappa shape index (κ2) is 7.05. The van der Waals surface area contributed by atoms with E-state index in [2.05, 4.69) is 22.3 Å². The van der Waals surface area contributed by atoms with Crippen LogP contribution in [-0.4, -0.2) is 20.7 Å². The van der Waals surface area contributed by atoms with E-state index in [1.807, 2.05) is 6.07 Å². The van der Waals surface area contributed by atoms with E-state index < -0.39 is 17.6 Å². The van der Waals surface area contributed by atoms with Crippen molar-refractivity contribution in [1.82, 2.24) is 14.8 Å². The number of rotatable bonds is 3. The molecule has 2 aromatic heterocycles. The third-order valence-corrected chi connectivity index (χ3v) is 6.03. The molecule has 3 aromatic rings. The summed E-state index contributed by atoms with van der Waals surface area (Å²) in [5, 5.41) is 6.28. The second-order valence-corrected chi connectivity index (χ2v) is 8.07. The van der Waals surface area contributed by atoms with Crippen molar-refractivity contribution in [3.63, 3.8) is 0 Å². The van der Waals surface area contributed by atoms with Crippen LogP contribution in [0.4, 0.5) is 18.9 Å². The van der Waals surface area contributed by atoms with Crippen molar-refractivity contribution in [2.24, 2.45) is 5.92 Å². The summed E-state index contributed by atoms with van der Waals surface area (Å²) in [5.41, 5.74) is 0.139. The van der Waals surface area contributed by atoms with Gasteiger partial charge in [-0.15, -0.1) is 11.3 Å². The van der Waals surface area contributed by atoms with Gasteiger partial charge in [0.1, 0.15) is 12.7 Å². The molecule has 1 aliphatic carbocycles. The molecule has 28 heavy (non-hydrogen) atoms. The number of hydrogen-bond acceptors (Lipinski definition) is 4. The number of aryl methyl sites for hydroxylation is 1. The normalized spacial score (nSPS) is 16.6. The van der Waals surface area contributed by atoms with Crippen LogP contribution in [0, 0.1) is 5.92 Å². The van der Waals surface area contributed by atoms with Gasteiger partial charge in [-0.25, -0.2) is 9.67 Å². The van der Waals surface area contributed by atoms with Gasteiger partial charge in [0.2, 0.25) is 0 Å². The molecule has 0 saturated heterocycles. The molecular weight excluding hydrogens is 389 g/mol. The lowest BCUT2D eigenvalue weighted by molar-refractivity contribution is -0.136. The zero-order valence-corrected chi connectivity index (χ0v) is 15.8. The summed E-state index contributed by atoms with van der Waals surface area (Å²) in [4.78, 5) is 17.9. The molecule has 0 aliphatic heterocycles. The van der Waals surface area contributed by atoms with Gasteiger partial charge in [0.15, 0.2) is 0 Å². The second-order valence-electron chi connectivity index (χ2n) is 6.93. The summed E-state index contributed by atoms with van der Waals surface area (Å²) in [5.74, 6) is 0.0326. The van der Waals surface area contributed by atoms with E-state index in [1.54, 1.807) is 0 Å². The van der Waals surface area contributed by atoms with Crippen LogP contribution in [0.25, 0.3) is 5.69 Å². The van der Waals surface area contributed by atoms with Gasteiger partial charge in [-0.3, -0.25) is 4.79 Å². The number of aromatic nitrogens is 3. The number of nitrogens with zero attached hydrogens (tertiary/aromatic N) is 3. The maximum Gasteiger partial charge on any atom is 0.418 e. The highest BCUT2D eigenvalue weighted by molar-refractivity contribution is 7.14. The van der Waals surface area contributed by atoms with Crippen LogP contribution in [0.3, 0.4) is 0 Å². The van der Waals surface area contributed by atoms with Crippen LogP contribution in [0.2, 0.25) is 0 Å². The van der Waals surface area contributed by atoms with Gasteiger partial charge in [0.05, 0.1) is 21.8 Å². The number of nitrogens with one attached hydrogen (secondary N) is 1. The quantitative estimate of drug-likeness (QED) is 0.684. The van der Waals surface area contributed by atoms with Crippen molar-refractivity contribution < 1.29 is 18.0 Å². The van der Waals surface area contributed by atoms with Crippen molar-refractivity contribution in [2.75, 3.05) is 5.32 Å². The molecular formula is C19H17F3N4OS. The number of carbonyl (C=O) groups excluding carboxylic acids is 1. The average molecular weight is 406 g/mol. The number of carbonyl (C=O) groups is 1. The highest BCUT2D eigenvalue weighted by Gasteiger charge is 2.35. The number of halogens is 3. The van der Waals surface area contributed by atoms with Crippen LogP contribution in [0.15, 0.2) is 36.9 Å². The molecule has 1 atom stereocenters. The molecule has 0 radical (unpaired) electrons. The van der Waals surface area contributed by atoms with Gasteiger partial charge in [0, 0.05) is 4.88 Å².